The monoisotopic (exact) mass is 519 g/mol. The molecule has 0 aliphatic carbocycles. The van der Waals surface area contributed by atoms with Crippen LogP contribution in [0.3, 0.4) is 0 Å². The minimum atomic E-state index is -0.294. The van der Waals surface area contributed by atoms with Crippen molar-refractivity contribution in [3.05, 3.63) is 68.9 Å². The second-order valence-electron chi connectivity index (χ2n) is 6.45. The molecule has 0 unspecified atom stereocenters. The first-order chi connectivity index (χ1) is 14.9. The van der Waals surface area contributed by atoms with Crippen molar-refractivity contribution < 1.29 is 9.53 Å². The topological polar surface area (TPSA) is 91.9 Å². The number of nitrogens with one attached hydrogen (secondary N) is 3. The number of amides is 1. The van der Waals surface area contributed by atoms with Gasteiger partial charge in [0.15, 0.2) is 0 Å². The lowest BCUT2D eigenvalue weighted by Crippen LogP contribution is -2.13. The maximum Gasteiger partial charge on any atom is 0.259 e. The first-order valence-corrected chi connectivity index (χ1v) is 10.8. The maximum atomic E-state index is 12.9. The number of halogens is 3. The molecular formula is C21H16BrCl2N5O2. The van der Waals surface area contributed by atoms with E-state index < -0.39 is 0 Å². The number of nitrogens with zero attached hydrogens (tertiary/aromatic N) is 2. The van der Waals surface area contributed by atoms with E-state index in [4.69, 9.17) is 27.9 Å². The van der Waals surface area contributed by atoms with Gasteiger partial charge >= 0.3 is 0 Å². The lowest BCUT2D eigenvalue weighted by atomic mass is 10.1. The van der Waals surface area contributed by atoms with E-state index in [1.165, 1.54) is 12.4 Å². The van der Waals surface area contributed by atoms with Crippen molar-refractivity contribution >= 4 is 73.4 Å². The molecule has 0 spiro atoms. The van der Waals surface area contributed by atoms with Crippen molar-refractivity contribution in [1.82, 2.24) is 15.0 Å². The minimum absolute atomic E-state index is 0.294. The van der Waals surface area contributed by atoms with Crippen LogP contribution in [0.2, 0.25) is 10.0 Å². The van der Waals surface area contributed by atoms with Crippen LogP contribution in [-0.2, 0) is 0 Å². The molecule has 7 nitrogen and oxygen atoms in total. The highest BCUT2D eigenvalue weighted by atomic mass is 79.9. The maximum absolute atomic E-state index is 12.9. The van der Waals surface area contributed by atoms with Crippen LogP contribution in [0.1, 0.15) is 17.3 Å². The van der Waals surface area contributed by atoms with Gasteiger partial charge in [0.05, 0.1) is 38.9 Å². The predicted molar refractivity (Wildman–Crippen MR) is 127 cm³/mol. The van der Waals surface area contributed by atoms with E-state index in [9.17, 15) is 4.79 Å². The second kappa shape index (κ2) is 9.13. The smallest absolute Gasteiger partial charge is 0.259 e. The van der Waals surface area contributed by atoms with Gasteiger partial charge in [-0.25, -0.2) is 4.98 Å². The Morgan fingerprint density at radius 1 is 1.16 bits per heavy atom. The number of benzene rings is 2. The summed E-state index contributed by atoms with van der Waals surface area (Å²) in [5, 5.41) is 6.66. The molecule has 0 radical (unpaired) electrons. The van der Waals surface area contributed by atoms with Gasteiger partial charge in [0.25, 0.3) is 5.91 Å². The Balaban J connectivity index is 1.67. The number of H-pyrrole nitrogens is 1. The molecular weight excluding hydrogens is 505 g/mol. The van der Waals surface area contributed by atoms with Gasteiger partial charge in [-0.2, -0.15) is 0 Å². The Hall–Kier alpha value is -2.81. The molecule has 10 heteroatoms. The molecule has 2 aromatic heterocycles. The normalized spacial score (nSPS) is 10.8. The standard InChI is InChI=1S/C21H16BrCl2N5O2/c1-2-31-18-8-17-16(7-13(18)20(30)26-12-5-3-11(22)4-6-12)27-21(28-17)29-19-14(23)9-25-10-15(19)24/h3-10H,2H2,1H3,(H,26,30)(H2,25,27,28,29). The van der Waals surface area contributed by atoms with E-state index in [0.29, 0.717) is 56.3 Å². The summed E-state index contributed by atoms with van der Waals surface area (Å²) in [5.74, 6) is 0.553. The van der Waals surface area contributed by atoms with Gasteiger partial charge in [0.1, 0.15) is 5.75 Å². The van der Waals surface area contributed by atoms with E-state index in [0.717, 1.165) is 4.47 Å². The Bertz CT molecular complexity index is 1240. The van der Waals surface area contributed by atoms with Crippen molar-refractivity contribution in [3.63, 3.8) is 0 Å². The van der Waals surface area contributed by atoms with Gasteiger partial charge in [-0.05, 0) is 37.3 Å². The molecule has 0 atom stereocenters. The fourth-order valence-electron chi connectivity index (χ4n) is 2.93. The summed E-state index contributed by atoms with van der Waals surface area (Å²) in [6.07, 6.45) is 2.96. The SMILES string of the molecule is CCOc1cc2nc(Nc3c(Cl)cncc3Cl)[nH]c2cc1C(=O)Nc1ccc(Br)cc1. The molecule has 0 aliphatic heterocycles. The zero-order valence-electron chi connectivity index (χ0n) is 16.2. The highest BCUT2D eigenvalue weighted by Gasteiger charge is 2.17. The van der Waals surface area contributed by atoms with Crippen molar-refractivity contribution in [2.45, 2.75) is 6.92 Å². The molecule has 2 heterocycles. The van der Waals surface area contributed by atoms with E-state index in [-0.39, 0.29) is 5.91 Å². The number of aromatic nitrogens is 3. The van der Waals surface area contributed by atoms with Crippen molar-refractivity contribution in [2.75, 3.05) is 17.2 Å². The van der Waals surface area contributed by atoms with Crippen LogP contribution >= 0.6 is 39.1 Å². The van der Waals surface area contributed by atoms with Crippen molar-refractivity contribution in [2.24, 2.45) is 0 Å². The van der Waals surface area contributed by atoms with E-state index in [1.807, 2.05) is 19.1 Å². The molecule has 0 saturated heterocycles. The molecule has 4 aromatic rings. The van der Waals surface area contributed by atoms with Gasteiger partial charge in [0.2, 0.25) is 5.95 Å². The number of hydrogen-bond acceptors (Lipinski definition) is 5. The lowest BCUT2D eigenvalue weighted by Gasteiger charge is -2.11. The molecule has 1 amide bonds. The number of imidazole rings is 1. The molecule has 2 aromatic carbocycles. The molecule has 158 valence electrons. The molecule has 0 aliphatic rings. The largest absolute Gasteiger partial charge is 0.493 e. The third-order valence-corrected chi connectivity index (χ3v) is 5.43. The van der Waals surface area contributed by atoms with Crippen LogP contribution in [0.25, 0.3) is 11.0 Å². The van der Waals surface area contributed by atoms with Crippen LogP contribution in [0.5, 0.6) is 5.75 Å². The highest BCUT2D eigenvalue weighted by molar-refractivity contribution is 9.10. The van der Waals surface area contributed by atoms with Crippen molar-refractivity contribution in [1.29, 1.82) is 0 Å². The Morgan fingerprint density at radius 3 is 2.55 bits per heavy atom. The summed E-state index contributed by atoms with van der Waals surface area (Å²) >= 11 is 15.7. The summed E-state index contributed by atoms with van der Waals surface area (Å²) < 4.78 is 6.62. The number of aromatic amines is 1. The third-order valence-electron chi connectivity index (χ3n) is 4.33. The summed E-state index contributed by atoms with van der Waals surface area (Å²) in [6, 6.07) is 10.7. The van der Waals surface area contributed by atoms with Crippen molar-refractivity contribution in [3.8, 4) is 5.75 Å². The number of carbonyl (C=O) groups excluding carboxylic acids is 1. The zero-order valence-corrected chi connectivity index (χ0v) is 19.3. The summed E-state index contributed by atoms with van der Waals surface area (Å²) in [6.45, 7) is 2.26. The quantitative estimate of drug-likeness (QED) is 0.272. The molecule has 4 rings (SSSR count). The second-order valence-corrected chi connectivity index (χ2v) is 8.18. The van der Waals surface area contributed by atoms with Gasteiger partial charge in [-0.1, -0.05) is 39.1 Å². The van der Waals surface area contributed by atoms with E-state index >= 15 is 0 Å². The van der Waals surface area contributed by atoms with Crippen LogP contribution in [0.15, 0.2) is 53.3 Å². The van der Waals surface area contributed by atoms with E-state index in [1.54, 1.807) is 24.3 Å². The van der Waals surface area contributed by atoms with Crippen LogP contribution < -0.4 is 15.4 Å². The summed E-state index contributed by atoms with van der Waals surface area (Å²) in [4.78, 5) is 24.5. The number of rotatable bonds is 6. The first kappa shape index (κ1) is 21.4. The van der Waals surface area contributed by atoms with Crippen LogP contribution in [0, 0.1) is 0 Å². The minimum Gasteiger partial charge on any atom is -0.493 e. The van der Waals surface area contributed by atoms with Gasteiger partial charge in [0, 0.05) is 28.6 Å². The molecule has 3 N–H and O–H groups in total. The highest BCUT2D eigenvalue weighted by Crippen LogP contribution is 2.32. The predicted octanol–water partition coefficient (Wildman–Crippen LogP) is 6.42. The molecule has 0 fully saturated rings. The average Bonchev–Trinajstić information content (AvgIpc) is 3.13. The van der Waals surface area contributed by atoms with Gasteiger partial charge < -0.3 is 20.4 Å². The fourth-order valence-corrected chi connectivity index (χ4v) is 3.65. The lowest BCUT2D eigenvalue weighted by molar-refractivity contribution is 0.102. The summed E-state index contributed by atoms with van der Waals surface area (Å²) in [5.41, 5.74) is 2.80. The summed E-state index contributed by atoms with van der Waals surface area (Å²) in [7, 11) is 0. The molecule has 31 heavy (non-hydrogen) atoms. The number of fused-ring (bicyclic) bond motifs is 1. The number of pyridine rings is 1. The third kappa shape index (κ3) is 4.76. The van der Waals surface area contributed by atoms with Crippen LogP contribution in [0.4, 0.5) is 17.3 Å². The zero-order chi connectivity index (χ0) is 22.0. The Kier molecular flexibility index (Phi) is 6.31. The van der Waals surface area contributed by atoms with Gasteiger partial charge in [-0.15, -0.1) is 0 Å². The molecule has 0 saturated carbocycles. The van der Waals surface area contributed by atoms with Crippen LogP contribution in [-0.4, -0.2) is 27.5 Å². The number of ether oxygens (including phenoxy) is 1. The number of hydrogen-bond donors (Lipinski definition) is 3. The molecule has 0 bridgehead atoms. The number of anilines is 3. The Morgan fingerprint density at radius 2 is 1.87 bits per heavy atom. The van der Waals surface area contributed by atoms with E-state index in [2.05, 4.69) is 41.5 Å². The van der Waals surface area contributed by atoms with Gasteiger partial charge in [-0.3, -0.25) is 9.78 Å². The number of carbonyl (C=O) groups is 1. The average molecular weight is 521 g/mol. The fraction of sp³-hybridized carbons (Fsp3) is 0.0952. The Labute approximate surface area is 196 Å². The first-order valence-electron chi connectivity index (χ1n) is 9.24.